The maximum atomic E-state index is 12.4. The molecule has 0 fully saturated rings. The molecule has 0 saturated carbocycles. The van der Waals surface area contributed by atoms with E-state index in [1.807, 2.05) is 43.3 Å². The van der Waals surface area contributed by atoms with Crippen molar-refractivity contribution in [2.24, 2.45) is 0 Å². The van der Waals surface area contributed by atoms with E-state index in [0.29, 0.717) is 23.8 Å². The number of benzene rings is 2. The fourth-order valence-electron chi connectivity index (χ4n) is 2.53. The molecular weight excluding hydrogens is 354 g/mol. The lowest BCUT2D eigenvalue weighted by atomic mass is 10.2. The van der Waals surface area contributed by atoms with Crippen LogP contribution in [0.2, 0.25) is 0 Å². The van der Waals surface area contributed by atoms with E-state index in [4.69, 9.17) is 18.9 Å². The van der Waals surface area contributed by atoms with Crippen molar-refractivity contribution >= 4 is 17.7 Å². The van der Waals surface area contributed by atoms with Crippen LogP contribution >= 0.6 is 11.8 Å². The summed E-state index contributed by atoms with van der Waals surface area (Å²) in [7, 11) is 3.19. The van der Waals surface area contributed by atoms with Crippen molar-refractivity contribution < 1.29 is 23.7 Å². The van der Waals surface area contributed by atoms with Gasteiger partial charge >= 0.3 is 0 Å². The van der Waals surface area contributed by atoms with E-state index in [2.05, 4.69) is 5.32 Å². The molecule has 26 heavy (non-hydrogen) atoms. The average molecular weight is 375 g/mol. The zero-order chi connectivity index (χ0) is 18.5. The van der Waals surface area contributed by atoms with E-state index >= 15 is 0 Å². The fourth-order valence-corrected chi connectivity index (χ4v) is 3.45. The second kappa shape index (κ2) is 8.23. The van der Waals surface area contributed by atoms with E-state index < -0.39 is 0 Å². The van der Waals surface area contributed by atoms with Crippen LogP contribution < -0.4 is 24.3 Å². The minimum absolute atomic E-state index is 0.0394. The smallest absolute Gasteiger partial charge is 0.233 e. The molecule has 3 rings (SSSR count). The van der Waals surface area contributed by atoms with Gasteiger partial charge in [-0.2, -0.15) is 0 Å². The second-order valence-electron chi connectivity index (χ2n) is 5.68. The Morgan fingerprint density at radius 2 is 1.88 bits per heavy atom. The number of hydrogen-bond donors (Lipinski definition) is 1. The summed E-state index contributed by atoms with van der Waals surface area (Å²) in [6.07, 6.45) is 0. The third-order valence-corrected chi connectivity index (χ3v) is 5.03. The first kappa shape index (κ1) is 18.3. The number of ether oxygens (including phenoxy) is 4. The highest BCUT2D eigenvalue weighted by Crippen LogP contribution is 2.34. The number of carbonyl (C=O) groups excluding carboxylic acids is 1. The predicted molar refractivity (Wildman–Crippen MR) is 99.3 cm³/mol. The van der Waals surface area contributed by atoms with Gasteiger partial charge in [0, 0.05) is 11.4 Å². The molecule has 0 spiro atoms. The lowest BCUT2D eigenvalue weighted by Gasteiger charge is -2.14. The molecule has 2 aromatic carbocycles. The molecule has 7 heteroatoms. The van der Waals surface area contributed by atoms with E-state index in [1.54, 1.807) is 14.2 Å². The molecule has 1 atom stereocenters. The van der Waals surface area contributed by atoms with Gasteiger partial charge in [0.25, 0.3) is 0 Å². The zero-order valence-electron chi connectivity index (χ0n) is 14.9. The molecule has 1 N–H and O–H groups in total. The van der Waals surface area contributed by atoms with Crippen molar-refractivity contribution in [3.63, 3.8) is 0 Å². The number of thioether (sulfide) groups is 1. The van der Waals surface area contributed by atoms with E-state index in [0.717, 1.165) is 16.2 Å². The first-order valence-electron chi connectivity index (χ1n) is 8.15. The Hall–Kier alpha value is -2.54. The highest BCUT2D eigenvalue weighted by molar-refractivity contribution is 8.00. The van der Waals surface area contributed by atoms with Crippen LogP contribution in [0.5, 0.6) is 23.0 Å². The number of rotatable bonds is 7. The number of fused-ring (bicyclic) bond motifs is 1. The van der Waals surface area contributed by atoms with Gasteiger partial charge in [-0.3, -0.25) is 4.79 Å². The van der Waals surface area contributed by atoms with Crippen LogP contribution in [-0.2, 0) is 11.3 Å². The summed E-state index contributed by atoms with van der Waals surface area (Å²) in [5.41, 5.74) is 0.964. The van der Waals surface area contributed by atoms with Crippen LogP contribution in [-0.4, -0.2) is 32.2 Å². The number of amides is 1. The first-order chi connectivity index (χ1) is 12.6. The number of carbonyl (C=O) groups is 1. The zero-order valence-corrected chi connectivity index (χ0v) is 15.7. The molecule has 0 aliphatic carbocycles. The molecule has 0 bridgehead atoms. The number of methoxy groups -OCH3 is 2. The Kier molecular flexibility index (Phi) is 5.78. The Morgan fingerprint density at radius 3 is 2.65 bits per heavy atom. The summed E-state index contributed by atoms with van der Waals surface area (Å²) < 4.78 is 21.2. The van der Waals surface area contributed by atoms with Crippen molar-refractivity contribution in [1.29, 1.82) is 0 Å². The van der Waals surface area contributed by atoms with Crippen LogP contribution in [0.1, 0.15) is 12.5 Å². The molecule has 1 heterocycles. The summed E-state index contributed by atoms with van der Waals surface area (Å²) in [4.78, 5) is 13.3. The SMILES string of the molecule is COc1ccc(SC(C)C(=O)NCc2ccc3c(c2)OCO3)cc1OC. The van der Waals surface area contributed by atoms with Crippen molar-refractivity contribution in [1.82, 2.24) is 5.32 Å². The highest BCUT2D eigenvalue weighted by atomic mass is 32.2. The minimum atomic E-state index is -0.248. The molecule has 1 aliphatic heterocycles. The summed E-state index contributed by atoms with van der Waals surface area (Å²) in [5, 5.41) is 2.70. The Bertz CT molecular complexity index is 795. The van der Waals surface area contributed by atoms with Crippen molar-refractivity contribution in [3.05, 3.63) is 42.0 Å². The van der Waals surface area contributed by atoms with Crippen molar-refractivity contribution in [3.8, 4) is 23.0 Å². The highest BCUT2D eigenvalue weighted by Gasteiger charge is 2.17. The Balaban J connectivity index is 1.56. The molecule has 2 aromatic rings. The molecule has 1 aliphatic rings. The van der Waals surface area contributed by atoms with Gasteiger partial charge in [-0.25, -0.2) is 0 Å². The largest absolute Gasteiger partial charge is 0.493 e. The molecule has 1 amide bonds. The lowest BCUT2D eigenvalue weighted by Crippen LogP contribution is -2.30. The maximum Gasteiger partial charge on any atom is 0.233 e. The van der Waals surface area contributed by atoms with Crippen molar-refractivity contribution in [2.45, 2.75) is 23.6 Å². The molecule has 0 saturated heterocycles. The third-order valence-electron chi connectivity index (χ3n) is 3.94. The van der Waals surface area contributed by atoms with Gasteiger partial charge in [-0.05, 0) is 42.8 Å². The maximum absolute atomic E-state index is 12.4. The Morgan fingerprint density at radius 1 is 1.12 bits per heavy atom. The van der Waals surface area contributed by atoms with Gasteiger partial charge in [0.05, 0.1) is 19.5 Å². The Labute approximate surface area is 156 Å². The van der Waals surface area contributed by atoms with Crippen molar-refractivity contribution in [2.75, 3.05) is 21.0 Å². The monoisotopic (exact) mass is 375 g/mol. The fraction of sp³-hybridized carbons (Fsp3) is 0.316. The normalized spacial score (nSPS) is 13.2. The van der Waals surface area contributed by atoms with Gasteiger partial charge in [0.2, 0.25) is 12.7 Å². The quantitative estimate of drug-likeness (QED) is 0.750. The second-order valence-corrected chi connectivity index (χ2v) is 7.10. The summed E-state index contributed by atoms with van der Waals surface area (Å²) in [6, 6.07) is 11.3. The van der Waals surface area contributed by atoms with Crippen LogP contribution in [0.3, 0.4) is 0 Å². The topological polar surface area (TPSA) is 66.0 Å². The predicted octanol–water partition coefficient (Wildman–Crippen LogP) is 3.23. The molecule has 6 nitrogen and oxygen atoms in total. The molecule has 138 valence electrons. The summed E-state index contributed by atoms with van der Waals surface area (Å²) in [6.45, 7) is 2.55. The summed E-state index contributed by atoms with van der Waals surface area (Å²) in [5.74, 6) is 2.71. The van der Waals surface area contributed by atoms with Gasteiger partial charge in [0.15, 0.2) is 23.0 Å². The van der Waals surface area contributed by atoms with Crippen LogP contribution in [0.4, 0.5) is 0 Å². The van der Waals surface area contributed by atoms with Crippen LogP contribution in [0.25, 0.3) is 0 Å². The minimum Gasteiger partial charge on any atom is -0.493 e. The van der Waals surface area contributed by atoms with Gasteiger partial charge < -0.3 is 24.3 Å². The molecule has 0 aromatic heterocycles. The third kappa shape index (κ3) is 4.16. The molecule has 0 radical (unpaired) electrons. The summed E-state index contributed by atoms with van der Waals surface area (Å²) >= 11 is 1.46. The van der Waals surface area contributed by atoms with Crippen LogP contribution in [0.15, 0.2) is 41.3 Å². The van der Waals surface area contributed by atoms with Gasteiger partial charge in [0.1, 0.15) is 0 Å². The number of hydrogen-bond acceptors (Lipinski definition) is 6. The van der Waals surface area contributed by atoms with Crippen LogP contribution in [0, 0.1) is 0 Å². The van der Waals surface area contributed by atoms with Gasteiger partial charge in [-0.1, -0.05) is 6.07 Å². The lowest BCUT2D eigenvalue weighted by molar-refractivity contribution is -0.120. The van der Waals surface area contributed by atoms with E-state index in [1.165, 1.54) is 11.8 Å². The first-order valence-corrected chi connectivity index (χ1v) is 9.03. The standard InChI is InChI=1S/C19H21NO5S/c1-12(26-14-5-7-15(22-2)17(9-14)23-3)19(21)20-10-13-4-6-16-18(8-13)25-11-24-16/h4-9,12H,10-11H2,1-3H3,(H,20,21). The van der Waals surface area contributed by atoms with E-state index in [9.17, 15) is 4.79 Å². The average Bonchev–Trinajstić information content (AvgIpc) is 3.13. The van der Waals surface area contributed by atoms with Gasteiger partial charge in [-0.15, -0.1) is 11.8 Å². The van der Waals surface area contributed by atoms with E-state index in [-0.39, 0.29) is 18.0 Å². The number of nitrogens with one attached hydrogen (secondary N) is 1. The molecular formula is C19H21NO5S. The molecule has 1 unspecified atom stereocenters.